The molecule has 190 valence electrons. The number of oxazole rings is 1. The number of amides is 1. The highest BCUT2D eigenvalue weighted by Crippen LogP contribution is 2.32. The number of carbonyl (C=O) groups is 1. The van der Waals surface area contributed by atoms with Gasteiger partial charge in [-0.25, -0.2) is 4.98 Å². The Morgan fingerprint density at radius 2 is 1.82 bits per heavy atom. The maximum atomic E-state index is 12.5. The lowest BCUT2D eigenvalue weighted by Crippen LogP contribution is -2.33. The predicted molar refractivity (Wildman–Crippen MR) is 156 cm³/mol. The first kappa shape index (κ1) is 25.7. The fraction of sp³-hybridized carbons (Fsp3) is 0.0690. The molecule has 0 aliphatic heterocycles. The van der Waals surface area contributed by atoms with E-state index < -0.39 is 5.91 Å². The van der Waals surface area contributed by atoms with Crippen molar-refractivity contribution in [3.8, 4) is 22.8 Å². The van der Waals surface area contributed by atoms with Crippen molar-refractivity contribution in [2.75, 3.05) is 5.32 Å². The lowest BCUT2D eigenvalue weighted by atomic mass is 10.1. The van der Waals surface area contributed by atoms with Crippen molar-refractivity contribution in [2.24, 2.45) is 0 Å². The molecule has 0 bridgehead atoms. The molecule has 1 amide bonds. The molecule has 9 heteroatoms. The fourth-order valence-corrected chi connectivity index (χ4v) is 4.50. The Hall–Kier alpha value is -3.91. The van der Waals surface area contributed by atoms with Gasteiger partial charge in [-0.3, -0.25) is 10.1 Å². The molecular weight excluding hydrogens is 541 g/mol. The maximum Gasteiger partial charge on any atom is 0.250 e. The summed E-state index contributed by atoms with van der Waals surface area (Å²) in [5, 5.41) is 6.89. The first-order chi connectivity index (χ1) is 18.2. The van der Waals surface area contributed by atoms with Crippen molar-refractivity contribution in [2.45, 2.75) is 13.8 Å². The molecule has 0 atom stereocenters. The van der Waals surface area contributed by atoms with E-state index in [-0.39, 0.29) is 5.11 Å². The van der Waals surface area contributed by atoms with E-state index in [9.17, 15) is 4.79 Å². The average molecular weight is 562 g/mol. The van der Waals surface area contributed by atoms with Gasteiger partial charge in [0, 0.05) is 27.9 Å². The molecule has 38 heavy (non-hydrogen) atoms. The monoisotopic (exact) mass is 561 g/mol. The maximum absolute atomic E-state index is 12.5. The molecular formula is C29H21Cl2N3O3S. The smallest absolute Gasteiger partial charge is 0.250 e. The first-order valence-electron chi connectivity index (χ1n) is 11.6. The summed E-state index contributed by atoms with van der Waals surface area (Å²) in [4.78, 5) is 17.0. The van der Waals surface area contributed by atoms with E-state index in [1.54, 1.807) is 36.4 Å². The van der Waals surface area contributed by atoms with Crippen LogP contribution in [0, 0.1) is 13.8 Å². The molecule has 6 nitrogen and oxygen atoms in total. The number of nitrogens with zero attached hydrogens (tertiary/aromatic N) is 1. The van der Waals surface area contributed by atoms with Gasteiger partial charge >= 0.3 is 0 Å². The van der Waals surface area contributed by atoms with E-state index in [2.05, 4.69) is 15.6 Å². The van der Waals surface area contributed by atoms with E-state index in [0.29, 0.717) is 33.0 Å². The van der Waals surface area contributed by atoms with Gasteiger partial charge in [-0.1, -0.05) is 35.3 Å². The minimum absolute atomic E-state index is 0.154. The van der Waals surface area contributed by atoms with Gasteiger partial charge in [-0.2, -0.15) is 0 Å². The minimum atomic E-state index is -0.409. The molecule has 0 unspecified atom stereocenters. The third kappa shape index (κ3) is 5.81. The molecule has 0 saturated carbocycles. The second kappa shape index (κ2) is 10.8. The van der Waals surface area contributed by atoms with Crippen LogP contribution in [0.25, 0.3) is 40.0 Å². The number of hydrogen-bond donors (Lipinski definition) is 2. The molecule has 5 aromatic rings. The van der Waals surface area contributed by atoms with E-state index in [1.165, 1.54) is 6.08 Å². The van der Waals surface area contributed by atoms with Crippen LogP contribution in [0.3, 0.4) is 0 Å². The molecule has 0 aliphatic rings. The number of rotatable bonds is 5. The number of benzene rings is 3. The summed E-state index contributed by atoms with van der Waals surface area (Å²) >= 11 is 17.6. The summed E-state index contributed by atoms with van der Waals surface area (Å²) in [5.74, 6) is 1.14. The second-order valence-corrected chi connectivity index (χ2v) is 9.87. The van der Waals surface area contributed by atoms with Gasteiger partial charge in [0.1, 0.15) is 17.0 Å². The van der Waals surface area contributed by atoms with Crippen LogP contribution in [0.2, 0.25) is 10.0 Å². The van der Waals surface area contributed by atoms with Crippen molar-refractivity contribution in [1.82, 2.24) is 10.3 Å². The standard InChI is InChI=1S/C29H21Cl2N3O3S/c1-16-3-10-23-26(13-16)37-28(32-23)18-5-4-17(2)24(14-18)33-29(38)34-27(35)12-8-20-7-11-25(36-20)21-9-6-19(30)15-22(21)31/h3-15H,1-2H3,(H2,33,34,35,38)/b12-8+. The topological polar surface area (TPSA) is 80.3 Å². The van der Waals surface area contributed by atoms with E-state index >= 15 is 0 Å². The Kier molecular flexibility index (Phi) is 7.33. The van der Waals surface area contributed by atoms with Crippen molar-refractivity contribution >= 4 is 69.3 Å². The average Bonchev–Trinajstić information content (AvgIpc) is 3.51. The number of anilines is 1. The molecule has 5 rings (SSSR count). The van der Waals surface area contributed by atoms with Crippen LogP contribution < -0.4 is 10.6 Å². The van der Waals surface area contributed by atoms with Crippen molar-refractivity contribution in [3.63, 3.8) is 0 Å². The van der Waals surface area contributed by atoms with Gasteiger partial charge in [-0.15, -0.1) is 0 Å². The molecule has 0 spiro atoms. The third-order valence-electron chi connectivity index (χ3n) is 5.74. The summed E-state index contributed by atoms with van der Waals surface area (Å²) in [5.41, 5.74) is 5.77. The Labute approximate surface area is 234 Å². The summed E-state index contributed by atoms with van der Waals surface area (Å²) in [6, 6.07) is 20.3. The molecule has 2 aromatic heterocycles. The summed E-state index contributed by atoms with van der Waals surface area (Å²) in [6.45, 7) is 3.94. The van der Waals surface area contributed by atoms with Crippen molar-refractivity contribution in [1.29, 1.82) is 0 Å². The highest BCUT2D eigenvalue weighted by molar-refractivity contribution is 7.80. The molecule has 2 N–H and O–H groups in total. The SMILES string of the molecule is Cc1ccc2nc(-c3ccc(C)c(NC(=S)NC(=O)/C=C/c4ccc(-c5ccc(Cl)cc5Cl)o4)c3)oc2c1. The van der Waals surface area contributed by atoms with Crippen LogP contribution >= 0.6 is 35.4 Å². The molecule has 0 radical (unpaired) electrons. The zero-order valence-electron chi connectivity index (χ0n) is 20.3. The number of aryl methyl sites for hydroxylation is 2. The van der Waals surface area contributed by atoms with Crippen LogP contribution in [-0.4, -0.2) is 16.0 Å². The second-order valence-electron chi connectivity index (χ2n) is 8.62. The quantitative estimate of drug-likeness (QED) is 0.166. The summed E-state index contributed by atoms with van der Waals surface area (Å²) < 4.78 is 11.7. The number of carbonyl (C=O) groups excluding carboxylic acids is 1. The molecule has 0 saturated heterocycles. The lowest BCUT2D eigenvalue weighted by molar-refractivity contribution is -0.115. The van der Waals surface area contributed by atoms with Crippen LogP contribution in [-0.2, 0) is 4.79 Å². The fourth-order valence-electron chi connectivity index (χ4n) is 3.79. The van der Waals surface area contributed by atoms with Gasteiger partial charge in [0.15, 0.2) is 10.7 Å². The number of halogens is 2. The number of fused-ring (bicyclic) bond motifs is 1. The summed E-state index contributed by atoms with van der Waals surface area (Å²) in [7, 11) is 0. The number of furan rings is 1. The Morgan fingerprint density at radius 1 is 0.974 bits per heavy atom. The van der Waals surface area contributed by atoms with Crippen LogP contribution in [0.1, 0.15) is 16.9 Å². The first-order valence-corrected chi connectivity index (χ1v) is 12.7. The van der Waals surface area contributed by atoms with E-state index in [1.807, 2.05) is 50.2 Å². The largest absolute Gasteiger partial charge is 0.457 e. The van der Waals surface area contributed by atoms with E-state index in [4.69, 9.17) is 44.3 Å². The predicted octanol–water partition coefficient (Wildman–Crippen LogP) is 8.20. The van der Waals surface area contributed by atoms with E-state index in [0.717, 1.165) is 33.5 Å². The third-order valence-corrected chi connectivity index (χ3v) is 6.49. The Bertz CT molecular complexity index is 1720. The molecule has 0 aliphatic carbocycles. The van der Waals surface area contributed by atoms with Crippen molar-refractivity contribution < 1.29 is 13.6 Å². The molecule has 2 heterocycles. The number of nitrogens with one attached hydrogen (secondary N) is 2. The van der Waals surface area contributed by atoms with Crippen molar-refractivity contribution in [3.05, 3.63) is 99.7 Å². The number of hydrogen-bond acceptors (Lipinski definition) is 5. The van der Waals surface area contributed by atoms with Crippen LogP contribution in [0.4, 0.5) is 5.69 Å². The number of aromatic nitrogens is 1. The van der Waals surface area contributed by atoms with Gasteiger partial charge < -0.3 is 14.2 Å². The minimum Gasteiger partial charge on any atom is -0.457 e. The van der Waals surface area contributed by atoms with Gasteiger partial charge in [-0.05, 0) is 97.9 Å². The highest BCUT2D eigenvalue weighted by atomic mass is 35.5. The lowest BCUT2D eigenvalue weighted by Gasteiger charge is -2.11. The van der Waals surface area contributed by atoms with Gasteiger partial charge in [0.2, 0.25) is 11.8 Å². The Morgan fingerprint density at radius 3 is 2.63 bits per heavy atom. The molecule has 0 fully saturated rings. The zero-order valence-corrected chi connectivity index (χ0v) is 22.7. The van der Waals surface area contributed by atoms with Crippen LogP contribution in [0.5, 0.6) is 0 Å². The zero-order chi connectivity index (χ0) is 26.8. The number of thiocarbonyl (C=S) groups is 1. The van der Waals surface area contributed by atoms with Crippen LogP contribution in [0.15, 0.2) is 81.6 Å². The van der Waals surface area contributed by atoms with Gasteiger partial charge in [0.05, 0.1) is 5.02 Å². The Balaban J connectivity index is 1.24. The highest BCUT2D eigenvalue weighted by Gasteiger charge is 2.12. The van der Waals surface area contributed by atoms with Gasteiger partial charge in [0.25, 0.3) is 0 Å². The normalized spacial score (nSPS) is 11.3. The molecule has 3 aromatic carbocycles. The summed E-state index contributed by atoms with van der Waals surface area (Å²) in [6.07, 6.45) is 2.88.